The Morgan fingerprint density at radius 3 is 2.69 bits per heavy atom. The number of carbonyl (C=O) groups excluding carboxylic acids is 1. The van der Waals surface area contributed by atoms with Gasteiger partial charge in [0.1, 0.15) is 12.2 Å². The first-order chi connectivity index (χ1) is 7.69. The fraction of sp³-hybridized carbons (Fsp3) is 0.818. The first-order valence-corrected chi connectivity index (χ1v) is 5.80. The molecule has 1 aliphatic heterocycles. The molecule has 3 rings (SSSR count). The summed E-state index contributed by atoms with van der Waals surface area (Å²) in [6, 6.07) is 0. The predicted molar refractivity (Wildman–Crippen MR) is 54.1 cm³/mol. The minimum atomic E-state index is -0.925. The van der Waals surface area contributed by atoms with Crippen LogP contribution in [0, 0.1) is 11.3 Å². The standard InChI is InChI=1S/C11H15NO4/c13-8-7-5-6(10(14)16-7)11(9(8)12-15)3-1-2-4-11/h6-8,13,15H,1-5H2/b12-9+/t6-,7-,8+/m1/s1. The normalized spacial score (nSPS) is 42.9. The number of esters is 1. The molecule has 0 aromatic heterocycles. The number of aliphatic hydroxyl groups is 1. The Kier molecular flexibility index (Phi) is 2.01. The highest BCUT2D eigenvalue weighted by Gasteiger charge is 2.61. The molecule has 0 radical (unpaired) electrons. The van der Waals surface area contributed by atoms with Crippen molar-refractivity contribution in [3.63, 3.8) is 0 Å². The lowest BCUT2D eigenvalue weighted by Gasteiger charge is -2.38. The van der Waals surface area contributed by atoms with Gasteiger partial charge in [-0.2, -0.15) is 0 Å². The van der Waals surface area contributed by atoms with Gasteiger partial charge in [-0.15, -0.1) is 0 Å². The number of fused-ring (bicyclic) bond motifs is 3. The zero-order chi connectivity index (χ0) is 11.3. The summed E-state index contributed by atoms with van der Waals surface area (Å²) < 4.78 is 5.14. The molecule has 0 amide bonds. The summed E-state index contributed by atoms with van der Waals surface area (Å²) in [5.74, 6) is -0.445. The molecule has 1 saturated heterocycles. The fourth-order valence-corrected chi connectivity index (χ4v) is 3.67. The van der Waals surface area contributed by atoms with Crippen molar-refractivity contribution < 1.29 is 19.8 Å². The molecule has 5 nitrogen and oxygen atoms in total. The first kappa shape index (κ1) is 10.1. The summed E-state index contributed by atoms with van der Waals surface area (Å²) in [7, 11) is 0. The Morgan fingerprint density at radius 1 is 1.38 bits per heavy atom. The summed E-state index contributed by atoms with van der Waals surface area (Å²) in [5, 5.41) is 22.4. The van der Waals surface area contributed by atoms with Gasteiger partial charge in [0.25, 0.3) is 0 Å². The molecule has 5 heteroatoms. The molecule has 0 aromatic carbocycles. The van der Waals surface area contributed by atoms with E-state index in [0.29, 0.717) is 12.1 Å². The van der Waals surface area contributed by atoms with E-state index in [1.165, 1.54) is 0 Å². The van der Waals surface area contributed by atoms with Crippen molar-refractivity contribution in [3.05, 3.63) is 0 Å². The summed E-state index contributed by atoms with van der Waals surface area (Å²) in [5.41, 5.74) is -0.0600. The minimum absolute atomic E-state index is 0.214. The van der Waals surface area contributed by atoms with E-state index in [-0.39, 0.29) is 11.9 Å². The maximum atomic E-state index is 11.8. The van der Waals surface area contributed by atoms with Crippen LogP contribution >= 0.6 is 0 Å². The molecule has 3 fully saturated rings. The molecular weight excluding hydrogens is 210 g/mol. The molecule has 2 saturated carbocycles. The SMILES string of the molecule is O=C1O[C@@H]2C[C@H]1C1(CCCC1)/C(=N/O)[C@H]2O. The third-order valence-corrected chi connectivity index (χ3v) is 4.43. The third-order valence-electron chi connectivity index (χ3n) is 4.43. The highest BCUT2D eigenvalue weighted by atomic mass is 16.6. The number of oxime groups is 1. The Labute approximate surface area is 93.1 Å². The van der Waals surface area contributed by atoms with Crippen molar-refractivity contribution in [1.82, 2.24) is 0 Å². The number of carbonyl (C=O) groups is 1. The van der Waals surface area contributed by atoms with Crippen LogP contribution in [-0.4, -0.2) is 34.2 Å². The van der Waals surface area contributed by atoms with Gasteiger partial charge >= 0.3 is 5.97 Å². The molecule has 2 bridgehead atoms. The van der Waals surface area contributed by atoms with Crippen molar-refractivity contribution >= 4 is 11.7 Å². The molecule has 88 valence electrons. The van der Waals surface area contributed by atoms with Gasteiger partial charge in [0.05, 0.1) is 11.6 Å². The lowest BCUT2D eigenvalue weighted by Crippen LogP contribution is -2.50. The van der Waals surface area contributed by atoms with Gasteiger partial charge in [0.2, 0.25) is 0 Å². The van der Waals surface area contributed by atoms with Crippen molar-refractivity contribution in [1.29, 1.82) is 0 Å². The van der Waals surface area contributed by atoms with E-state index >= 15 is 0 Å². The zero-order valence-electron chi connectivity index (χ0n) is 8.93. The van der Waals surface area contributed by atoms with Crippen LogP contribution in [-0.2, 0) is 9.53 Å². The first-order valence-electron chi connectivity index (χ1n) is 5.80. The number of nitrogens with zero attached hydrogens (tertiary/aromatic N) is 1. The minimum Gasteiger partial charge on any atom is -0.459 e. The summed E-state index contributed by atoms with van der Waals surface area (Å²) >= 11 is 0. The van der Waals surface area contributed by atoms with E-state index in [4.69, 9.17) is 9.94 Å². The highest BCUT2D eigenvalue weighted by Crippen LogP contribution is 2.54. The summed E-state index contributed by atoms with van der Waals surface area (Å²) in [6.07, 6.45) is 2.80. The van der Waals surface area contributed by atoms with Crippen LogP contribution < -0.4 is 0 Å². The average Bonchev–Trinajstić information content (AvgIpc) is 2.84. The molecule has 3 aliphatic rings. The van der Waals surface area contributed by atoms with E-state index < -0.39 is 17.6 Å². The van der Waals surface area contributed by atoms with Gasteiger partial charge in [-0.3, -0.25) is 4.79 Å². The van der Waals surface area contributed by atoms with E-state index in [0.717, 1.165) is 25.7 Å². The second-order valence-corrected chi connectivity index (χ2v) is 5.06. The monoisotopic (exact) mass is 225 g/mol. The highest BCUT2D eigenvalue weighted by molar-refractivity contribution is 6.00. The van der Waals surface area contributed by atoms with Crippen molar-refractivity contribution in [3.8, 4) is 0 Å². The lowest BCUT2D eigenvalue weighted by atomic mass is 9.63. The van der Waals surface area contributed by atoms with Crippen LogP contribution in [0.4, 0.5) is 0 Å². The Hall–Kier alpha value is -1.10. The topological polar surface area (TPSA) is 79.1 Å². The van der Waals surface area contributed by atoms with Crippen molar-refractivity contribution in [2.45, 2.75) is 44.3 Å². The van der Waals surface area contributed by atoms with Crippen molar-refractivity contribution in [2.75, 3.05) is 0 Å². The van der Waals surface area contributed by atoms with Crippen LogP contribution in [0.2, 0.25) is 0 Å². The maximum absolute atomic E-state index is 11.8. The molecule has 0 aromatic rings. The number of rotatable bonds is 0. The molecule has 1 heterocycles. The van der Waals surface area contributed by atoms with E-state index in [1.807, 2.05) is 0 Å². The zero-order valence-corrected chi connectivity index (χ0v) is 8.93. The van der Waals surface area contributed by atoms with E-state index in [2.05, 4.69) is 5.16 Å². The van der Waals surface area contributed by atoms with Gasteiger partial charge < -0.3 is 15.1 Å². The maximum Gasteiger partial charge on any atom is 0.310 e. The second-order valence-electron chi connectivity index (χ2n) is 5.06. The van der Waals surface area contributed by atoms with Gasteiger partial charge in [0.15, 0.2) is 0 Å². The van der Waals surface area contributed by atoms with Crippen molar-refractivity contribution in [2.24, 2.45) is 16.5 Å². The smallest absolute Gasteiger partial charge is 0.310 e. The predicted octanol–water partition coefficient (Wildman–Crippen LogP) is 0.683. The fourth-order valence-electron chi connectivity index (χ4n) is 3.67. The Balaban J connectivity index is 2.08. The van der Waals surface area contributed by atoms with Crippen LogP contribution in [0.3, 0.4) is 0 Å². The number of hydrogen-bond donors (Lipinski definition) is 2. The van der Waals surface area contributed by atoms with E-state index in [1.54, 1.807) is 0 Å². The number of aliphatic hydroxyl groups excluding tert-OH is 1. The van der Waals surface area contributed by atoms with Crippen LogP contribution in [0.1, 0.15) is 32.1 Å². The average molecular weight is 225 g/mol. The van der Waals surface area contributed by atoms with E-state index in [9.17, 15) is 9.90 Å². The van der Waals surface area contributed by atoms with Gasteiger partial charge in [-0.25, -0.2) is 0 Å². The van der Waals surface area contributed by atoms with Crippen LogP contribution in [0.5, 0.6) is 0 Å². The van der Waals surface area contributed by atoms with Gasteiger partial charge in [-0.05, 0) is 12.8 Å². The Morgan fingerprint density at radius 2 is 2.06 bits per heavy atom. The molecule has 16 heavy (non-hydrogen) atoms. The summed E-state index contributed by atoms with van der Waals surface area (Å²) in [6.45, 7) is 0. The molecule has 2 N–H and O–H groups in total. The molecular formula is C11H15NO4. The quantitative estimate of drug-likeness (QED) is 0.361. The number of ether oxygens (including phenoxy) is 1. The van der Waals surface area contributed by atoms with Gasteiger partial charge in [0, 0.05) is 11.8 Å². The number of hydrogen-bond acceptors (Lipinski definition) is 5. The molecule has 3 atom stereocenters. The van der Waals surface area contributed by atoms with Gasteiger partial charge in [-0.1, -0.05) is 18.0 Å². The molecule has 0 unspecified atom stereocenters. The molecule has 1 spiro atoms. The third kappa shape index (κ3) is 1.04. The molecule has 2 aliphatic carbocycles. The summed E-state index contributed by atoms with van der Waals surface area (Å²) in [4.78, 5) is 11.8. The Bertz CT molecular complexity index is 359. The lowest BCUT2D eigenvalue weighted by molar-refractivity contribution is -0.146. The van der Waals surface area contributed by atoms with Crippen LogP contribution in [0.15, 0.2) is 5.16 Å². The van der Waals surface area contributed by atoms with Crippen LogP contribution in [0.25, 0.3) is 0 Å². The second kappa shape index (κ2) is 3.20. The largest absolute Gasteiger partial charge is 0.459 e.